The Kier molecular flexibility index (Phi) is 4.62. The van der Waals surface area contributed by atoms with Crippen LogP contribution in [0.1, 0.15) is 19.8 Å². The highest BCUT2D eigenvalue weighted by Gasteiger charge is 2.13. The third-order valence-corrected chi connectivity index (χ3v) is 3.98. The summed E-state index contributed by atoms with van der Waals surface area (Å²) >= 11 is 0. The Morgan fingerprint density at radius 3 is 2.87 bits per heavy atom. The summed E-state index contributed by atoms with van der Waals surface area (Å²) in [6, 6.07) is 6.36. The number of nitrogens with zero attached hydrogens (tertiary/aromatic N) is 4. The number of fused-ring (bicyclic) bond motifs is 1. The summed E-state index contributed by atoms with van der Waals surface area (Å²) in [4.78, 5) is 13.0. The van der Waals surface area contributed by atoms with Crippen LogP contribution in [0.15, 0.2) is 36.9 Å². The van der Waals surface area contributed by atoms with Gasteiger partial charge in [0.25, 0.3) is 0 Å². The molecule has 0 aliphatic heterocycles. The van der Waals surface area contributed by atoms with Gasteiger partial charge in [0.05, 0.1) is 12.4 Å². The molecular weight excluding hydrogens is 295 g/mol. The molecule has 0 saturated heterocycles. The Morgan fingerprint density at radius 1 is 1.26 bits per heavy atom. The summed E-state index contributed by atoms with van der Waals surface area (Å²) in [5, 5.41) is 0. The maximum Gasteiger partial charge on any atom is 0.163 e. The number of hydrogen-bond acceptors (Lipinski definition) is 4. The van der Waals surface area contributed by atoms with E-state index in [1.54, 1.807) is 19.5 Å². The minimum atomic E-state index is -0.292. The van der Waals surface area contributed by atoms with Crippen LogP contribution in [0.25, 0.3) is 22.4 Å². The highest BCUT2D eigenvalue weighted by molar-refractivity contribution is 5.86. The number of rotatable bonds is 6. The normalized spacial score (nSPS) is 12.7. The van der Waals surface area contributed by atoms with Crippen molar-refractivity contribution in [2.24, 2.45) is 0 Å². The van der Waals surface area contributed by atoms with E-state index in [1.807, 2.05) is 10.6 Å². The van der Waals surface area contributed by atoms with E-state index in [0.717, 1.165) is 25.0 Å². The first-order chi connectivity index (χ1) is 11.2. The molecule has 120 valence electrons. The molecule has 5 nitrogen and oxygen atoms in total. The summed E-state index contributed by atoms with van der Waals surface area (Å²) < 4.78 is 20.9. The Labute approximate surface area is 134 Å². The van der Waals surface area contributed by atoms with E-state index in [0.29, 0.717) is 16.8 Å². The first kappa shape index (κ1) is 15.6. The number of methoxy groups -OCH3 is 1. The van der Waals surface area contributed by atoms with Crippen molar-refractivity contribution in [3.8, 4) is 11.3 Å². The Bertz CT molecular complexity index is 798. The molecule has 0 spiro atoms. The lowest BCUT2D eigenvalue weighted by Crippen LogP contribution is -2.12. The summed E-state index contributed by atoms with van der Waals surface area (Å²) in [6.07, 6.45) is 5.32. The number of aromatic nitrogens is 4. The van der Waals surface area contributed by atoms with Crippen molar-refractivity contribution in [3.05, 3.63) is 42.7 Å². The second-order valence-electron chi connectivity index (χ2n) is 5.40. The van der Waals surface area contributed by atoms with E-state index in [1.165, 1.54) is 18.5 Å². The van der Waals surface area contributed by atoms with Crippen LogP contribution in [0.5, 0.6) is 0 Å². The predicted molar refractivity (Wildman–Crippen MR) is 86.4 cm³/mol. The van der Waals surface area contributed by atoms with Crippen LogP contribution in [0.4, 0.5) is 4.39 Å². The van der Waals surface area contributed by atoms with Crippen LogP contribution < -0.4 is 0 Å². The summed E-state index contributed by atoms with van der Waals surface area (Å²) in [7, 11) is 1.73. The monoisotopic (exact) mass is 314 g/mol. The topological polar surface area (TPSA) is 52.8 Å². The SMILES string of the molecule is CCC(CCn1cnc2c(-c3cccc(F)c3)ncnc21)OC. The average Bonchev–Trinajstić information content (AvgIpc) is 2.99. The van der Waals surface area contributed by atoms with Gasteiger partial charge in [-0.25, -0.2) is 19.3 Å². The lowest BCUT2D eigenvalue weighted by Gasteiger charge is -2.13. The highest BCUT2D eigenvalue weighted by atomic mass is 19.1. The Morgan fingerprint density at radius 2 is 2.13 bits per heavy atom. The van der Waals surface area contributed by atoms with Gasteiger partial charge in [-0.1, -0.05) is 19.1 Å². The molecule has 0 saturated carbocycles. The van der Waals surface area contributed by atoms with Gasteiger partial charge in [-0.15, -0.1) is 0 Å². The van der Waals surface area contributed by atoms with E-state index in [9.17, 15) is 4.39 Å². The van der Waals surface area contributed by atoms with Crippen molar-refractivity contribution >= 4 is 11.2 Å². The molecule has 0 N–H and O–H groups in total. The first-order valence-electron chi connectivity index (χ1n) is 7.67. The maximum absolute atomic E-state index is 13.5. The van der Waals surface area contributed by atoms with E-state index in [-0.39, 0.29) is 11.9 Å². The summed E-state index contributed by atoms with van der Waals surface area (Å²) in [5.74, 6) is -0.292. The van der Waals surface area contributed by atoms with Crippen LogP contribution in [0, 0.1) is 5.82 Å². The van der Waals surface area contributed by atoms with E-state index >= 15 is 0 Å². The van der Waals surface area contributed by atoms with Crippen molar-refractivity contribution < 1.29 is 9.13 Å². The zero-order valence-corrected chi connectivity index (χ0v) is 13.2. The standard InChI is InChI=1S/C17H19FN4O/c1-3-14(23-2)7-8-22-11-21-16-15(19-10-20-17(16)22)12-5-4-6-13(18)9-12/h4-6,9-11,14H,3,7-8H2,1-2H3. The molecule has 0 aliphatic carbocycles. The molecule has 0 aliphatic rings. The Hall–Kier alpha value is -2.34. The predicted octanol–water partition coefficient (Wildman–Crippen LogP) is 3.45. The molecule has 0 amide bonds. The maximum atomic E-state index is 13.5. The zero-order valence-electron chi connectivity index (χ0n) is 13.2. The van der Waals surface area contributed by atoms with E-state index in [2.05, 4.69) is 21.9 Å². The second-order valence-corrected chi connectivity index (χ2v) is 5.40. The minimum Gasteiger partial charge on any atom is -0.381 e. The number of halogens is 1. The lowest BCUT2D eigenvalue weighted by molar-refractivity contribution is 0.0885. The van der Waals surface area contributed by atoms with Gasteiger partial charge in [0.1, 0.15) is 23.4 Å². The van der Waals surface area contributed by atoms with E-state index < -0.39 is 0 Å². The molecular formula is C17H19FN4O. The van der Waals surface area contributed by atoms with Gasteiger partial charge in [0.2, 0.25) is 0 Å². The number of hydrogen-bond donors (Lipinski definition) is 0. The van der Waals surface area contributed by atoms with Crippen LogP contribution in [0.2, 0.25) is 0 Å². The number of aryl methyl sites for hydroxylation is 1. The molecule has 1 aromatic carbocycles. The van der Waals surface area contributed by atoms with Gasteiger partial charge in [-0.2, -0.15) is 0 Å². The fraction of sp³-hybridized carbons (Fsp3) is 0.353. The molecule has 0 bridgehead atoms. The van der Waals surface area contributed by atoms with Crippen LogP contribution in [0.3, 0.4) is 0 Å². The molecule has 1 atom stereocenters. The third kappa shape index (κ3) is 3.22. The molecule has 6 heteroatoms. The van der Waals surface area contributed by atoms with Crippen molar-refractivity contribution in [2.45, 2.75) is 32.4 Å². The first-order valence-corrected chi connectivity index (χ1v) is 7.67. The molecule has 2 aromatic heterocycles. The zero-order chi connectivity index (χ0) is 16.2. The van der Waals surface area contributed by atoms with Crippen LogP contribution in [-0.2, 0) is 11.3 Å². The summed E-state index contributed by atoms with van der Waals surface area (Å²) in [5.41, 5.74) is 2.78. The second kappa shape index (κ2) is 6.83. The highest BCUT2D eigenvalue weighted by Crippen LogP contribution is 2.24. The lowest BCUT2D eigenvalue weighted by atomic mass is 10.1. The van der Waals surface area contributed by atoms with E-state index in [4.69, 9.17) is 4.74 Å². The van der Waals surface area contributed by atoms with Gasteiger partial charge in [-0.05, 0) is 25.0 Å². The van der Waals surface area contributed by atoms with Crippen LogP contribution >= 0.6 is 0 Å². The molecule has 0 radical (unpaired) electrons. The van der Waals surface area contributed by atoms with Crippen molar-refractivity contribution in [2.75, 3.05) is 7.11 Å². The fourth-order valence-electron chi connectivity index (χ4n) is 2.66. The van der Waals surface area contributed by atoms with Crippen molar-refractivity contribution in [1.82, 2.24) is 19.5 Å². The third-order valence-electron chi connectivity index (χ3n) is 3.98. The average molecular weight is 314 g/mol. The number of imidazole rings is 1. The Balaban J connectivity index is 1.94. The summed E-state index contributed by atoms with van der Waals surface area (Å²) in [6.45, 7) is 2.87. The van der Waals surface area contributed by atoms with Gasteiger partial charge in [0, 0.05) is 19.2 Å². The molecule has 23 heavy (non-hydrogen) atoms. The molecule has 0 fully saturated rings. The van der Waals surface area contributed by atoms with Gasteiger partial charge in [0.15, 0.2) is 5.65 Å². The largest absolute Gasteiger partial charge is 0.381 e. The van der Waals surface area contributed by atoms with Gasteiger partial charge < -0.3 is 9.30 Å². The molecule has 3 aromatic rings. The molecule has 3 rings (SSSR count). The van der Waals surface area contributed by atoms with Crippen LogP contribution in [-0.4, -0.2) is 32.7 Å². The molecule has 2 heterocycles. The quantitative estimate of drug-likeness (QED) is 0.699. The number of ether oxygens (including phenoxy) is 1. The van der Waals surface area contributed by atoms with Gasteiger partial charge in [-0.3, -0.25) is 0 Å². The number of benzene rings is 1. The molecule has 1 unspecified atom stereocenters. The van der Waals surface area contributed by atoms with Gasteiger partial charge >= 0.3 is 0 Å². The van der Waals surface area contributed by atoms with Crippen molar-refractivity contribution in [3.63, 3.8) is 0 Å². The smallest absolute Gasteiger partial charge is 0.163 e. The minimum absolute atomic E-state index is 0.219. The van der Waals surface area contributed by atoms with Crippen molar-refractivity contribution in [1.29, 1.82) is 0 Å². The fourth-order valence-corrected chi connectivity index (χ4v) is 2.66.